The van der Waals surface area contributed by atoms with Crippen LogP contribution in [0.1, 0.15) is 17.9 Å². The van der Waals surface area contributed by atoms with Crippen LogP contribution in [0.3, 0.4) is 0 Å². The summed E-state index contributed by atoms with van der Waals surface area (Å²) in [4.78, 5) is 12.6. The molecule has 5 nitrogen and oxygen atoms in total. The zero-order chi connectivity index (χ0) is 12.8. The minimum absolute atomic E-state index is 0.461. The molecule has 1 aromatic rings. The van der Waals surface area contributed by atoms with Crippen molar-refractivity contribution in [1.82, 2.24) is 4.90 Å². The van der Waals surface area contributed by atoms with Crippen molar-refractivity contribution < 1.29 is 14.3 Å². The maximum absolute atomic E-state index is 10.5. The van der Waals surface area contributed by atoms with E-state index in [9.17, 15) is 4.79 Å². The van der Waals surface area contributed by atoms with E-state index in [1.807, 2.05) is 26.1 Å². The normalized spacial score (nSPS) is 12.9. The van der Waals surface area contributed by atoms with Gasteiger partial charge in [-0.25, -0.2) is 0 Å². The molecule has 0 aliphatic rings. The van der Waals surface area contributed by atoms with Crippen molar-refractivity contribution in [2.45, 2.75) is 25.8 Å². The Kier molecular flexibility index (Phi) is 5.18. The van der Waals surface area contributed by atoms with E-state index in [-0.39, 0.29) is 0 Å². The summed E-state index contributed by atoms with van der Waals surface area (Å²) in [6.07, 6.45) is 1.29. The summed E-state index contributed by atoms with van der Waals surface area (Å²) in [7, 11) is 1.95. The van der Waals surface area contributed by atoms with Gasteiger partial charge in [0, 0.05) is 13.0 Å². The monoisotopic (exact) mass is 240 g/mol. The number of furan rings is 1. The Balaban J connectivity index is 2.21. The number of carboxylic acid groups (broad SMARTS) is 1. The molecule has 17 heavy (non-hydrogen) atoms. The number of aliphatic carboxylic acids is 1. The van der Waals surface area contributed by atoms with E-state index in [0.29, 0.717) is 13.0 Å². The van der Waals surface area contributed by atoms with Gasteiger partial charge in [0.1, 0.15) is 17.6 Å². The van der Waals surface area contributed by atoms with Crippen LogP contribution in [0.25, 0.3) is 0 Å². The molecule has 0 spiro atoms. The van der Waals surface area contributed by atoms with Gasteiger partial charge >= 0.3 is 5.97 Å². The highest BCUT2D eigenvalue weighted by atomic mass is 16.4. The molecule has 0 aliphatic heterocycles. The molecule has 3 N–H and O–H groups in total. The number of hydrogen-bond donors (Lipinski definition) is 2. The highest BCUT2D eigenvalue weighted by Gasteiger charge is 2.12. The zero-order valence-corrected chi connectivity index (χ0v) is 10.3. The van der Waals surface area contributed by atoms with Crippen molar-refractivity contribution in [1.29, 1.82) is 0 Å². The van der Waals surface area contributed by atoms with E-state index in [0.717, 1.165) is 24.5 Å². The van der Waals surface area contributed by atoms with E-state index in [1.54, 1.807) is 0 Å². The van der Waals surface area contributed by atoms with E-state index in [4.69, 9.17) is 15.3 Å². The Morgan fingerprint density at radius 2 is 2.24 bits per heavy atom. The summed E-state index contributed by atoms with van der Waals surface area (Å²) < 4.78 is 5.45. The molecular weight excluding hydrogens is 220 g/mol. The lowest BCUT2D eigenvalue weighted by Gasteiger charge is -2.16. The van der Waals surface area contributed by atoms with Crippen molar-refractivity contribution >= 4 is 5.97 Å². The lowest BCUT2D eigenvalue weighted by atomic mass is 10.2. The largest absolute Gasteiger partial charge is 0.480 e. The topological polar surface area (TPSA) is 79.7 Å². The molecular formula is C12H20N2O3. The number of aryl methyl sites for hydroxylation is 1. The van der Waals surface area contributed by atoms with E-state index in [2.05, 4.69) is 4.90 Å². The fourth-order valence-corrected chi connectivity index (χ4v) is 1.52. The molecule has 0 aliphatic carbocycles. The van der Waals surface area contributed by atoms with Crippen molar-refractivity contribution in [3.63, 3.8) is 0 Å². The molecule has 1 aromatic heterocycles. The van der Waals surface area contributed by atoms with Gasteiger partial charge in [0.25, 0.3) is 0 Å². The lowest BCUT2D eigenvalue weighted by Crippen LogP contribution is -2.34. The maximum atomic E-state index is 10.5. The second kappa shape index (κ2) is 6.42. The first-order valence-electron chi connectivity index (χ1n) is 5.71. The Bertz CT molecular complexity index is 362. The Morgan fingerprint density at radius 1 is 1.53 bits per heavy atom. The summed E-state index contributed by atoms with van der Waals surface area (Å²) >= 11 is 0. The number of carboxylic acids is 1. The van der Waals surface area contributed by atoms with Crippen LogP contribution in [-0.4, -0.2) is 42.2 Å². The van der Waals surface area contributed by atoms with Gasteiger partial charge < -0.3 is 20.2 Å². The molecule has 5 heteroatoms. The molecule has 1 unspecified atom stereocenters. The quantitative estimate of drug-likeness (QED) is 0.739. The molecule has 1 rings (SSSR count). The van der Waals surface area contributed by atoms with Gasteiger partial charge in [0.05, 0.1) is 0 Å². The first-order chi connectivity index (χ1) is 7.99. The fraction of sp³-hybridized carbons (Fsp3) is 0.583. The number of nitrogens with two attached hydrogens (primary N) is 1. The Labute approximate surface area is 101 Å². The van der Waals surface area contributed by atoms with Gasteiger partial charge in [0.15, 0.2) is 0 Å². The van der Waals surface area contributed by atoms with Crippen LogP contribution in [0.2, 0.25) is 0 Å². The molecule has 0 radical (unpaired) electrons. The smallest absolute Gasteiger partial charge is 0.320 e. The molecule has 96 valence electrons. The number of nitrogens with zero attached hydrogens (tertiary/aromatic N) is 1. The van der Waals surface area contributed by atoms with Crippen LogP contribution in [0, 0.1) is 6.92 Å². The van der Waals surface area contributed by atoms with Gasteiger partial charge in [-0.2, -0.15) is 0 Å². The summed E-state index contributed by atoms with van der Waals surface area (Å²) in [5.41, 5.74) is 5.43. The van der Waals surface area contributed by atoms with Gasteiger partial charge in [0.2, 0.25) is 0 Å². The summed E-state index contributed by atoms with van der Waals surface area (Å²) in [6, 6.07) is 3.13. The zero-order valence-electron chi connectivity index (χ0n) is 10.3. The highest BCUT2D eigenvalue weighted by molar-refractivity contribution is 5.72. The van der Waals surface area contributed by atoms with Crippen molar-refractivity contribution in [2.24, 2.45) is 5.73 Å². The van der Waals surface area contributed by atoms with Gasteiger partial charge in [-0.15, -0.1) is 0 Å². The first kappa shape index (κ1) is 13.7. The number of likely N-dealkylation sites (N-methyl/N-ethyl adjacent to an activating group) is 1. The average molecular weight is 240 g/mol. The molecule has 0 fully saturated rings. The molecule has 0 aromatic carbocycles. The van der Waals surface area contributed by atoms with Crippen molar-refractivity contribution in [3.8, 4) is 0 Å². The van der Waals surface area contributed by atoms with Crippen LogP contribution >= 0.6 is 0 Å². The van der Waals surface area contributed by atoms with Crippen LogP contribution in [0.5, 0.6) is 0 Å². The van der Waals surface area contributed by atoms with Crippen molar-refractivity contribution in [3.05, 3.63) is 23.7 Å². The summed E-state index contributed by atoms with van der Waals surface area (Å²) in [5.74, 6) is 0.924. The number of hydrogen-bond acceptors (Lipinski definition) is 4. The second-order valence-corrected chi connectivity index (χ2v) is 4.30. The molecule has 0 bridgehead atoms. The summed E-state index contributed by atoms with van der Waals surface area (Å²) in [5, 5.41) is 8.65. The molecule has 0 saturated carbocycles. The molecule has 1 atom stereocenters. The molecule has 0 saturated heterocycles. The van der Waals surface area contributed by atoms with Crippen LogP contribution in [0.4, 0.5) is 0 Å². The van der Waals surface area contributed by atoms with Gasteiger partial charge in [-0.05, 0) is 39.1 Å². The third kappa shape index (κ3) is 5.01. The molecule has 0 amide bonds. The van der Waals surface area contributed by atoms with E-state index in [1.165, 1.54) is 0 Å². The summed E-state index contributed by atoms with van der Waals surface area (Å²) in [6.45, 7) is 3.42. The predicted octanol–water partition coefficient (Wildman–Crippen LogP) is 0.864. The standard InChI is InChI=1S/C12H20N2O3/c1-9-3-4-10(17-9)5-7-14(2)8-6-11(13)12(15)16/h3-4,11H,5-8,13H2,1-2H3,(H,15,16). The third-order valence-electron chi connectivity index (χ3n) is 2.67. The lowest BCUT2D eigenvalue weighted by molar-refractivity contribution is -0.138. The minimum Gasteiger partial charge on any atom is -0.480 e. The Hall–Kier alpha value is -1.33. The average Bonchev–Trinajstić information content (AvgIpc) is 2.69. The fourth-order valence-electron chi connectivity index (χ4n) is 1.52. The highest BCUT2D eigenvalue weighted by Crippen LogP contribution is 2.07. The van der Waals surface area contributed by atoms with Crippen LogP contribution < -0.4 is 5.73 Å². The number of carbonyl (C=O) groups is 1. The van der Waals surface area contributed by atoms with Crippen LogP contribution in [-0.2, 0) is 11.2 Å². The SMILES string of the molecule is Cc1ccc(CCN(C)CCC(N)C(=O)O)o1. The van der Waals surface area contributed by atoms with Gasteiger partial charge in [-0.3, -0.25) is 4.79 Å². The van der Waals surface area contributed by atoms with E-state index >= 15 is 0 Å². The van der Waals surface area contributed by atoms with Crippen LogP contribution in [0.15, 0.2) is 16.5 Å². The second-order valence-electron chi connectivity index (χ2n) is 4.30. The van der Waals surface area contributed by atoms with Gasteiger partial charge in [-0.1, -0.05) is 0 Å². The Morgan fingerprint density at radius 3 is 2.76 bits per heavy atom. The maximum Gasteiger partial charge on any atom is 0.320 e. The third-order valence-corrected chi connectivity index (χ3v) is 2.67. The first-order valence-corrected chi connectivity index (χ1v) is 5.71. The van der Waals surface area contributed by atoms with E-state index < -0.39 is 12.0 Å². The predicted molar refractivity (Wildman–Crippen MR) is 64.9 cm³/mol. The minimum atomic E-state index is -0.944. The number of rotatable bonds is 7. The van der Waals surface area contributed by atoms with Crippen molar-refractivity contribution in [2.75, 3.05) is 20.1 Å². The molecule has 1 heterocycles.